The number of hydrogen-bond donors (Lipinski definition) is 10. The van der Waals surface area contributed by atoms with E-state index in [9.17, 15) is 40.2 Å². The molecule has 2 atom stereocenters. The quantitative estimate of drug-likeness (QED) is 0.0106. The Morgan fingerprint density at radius 2 is 0.550 bits per heavy atom. The number of phenolic OH excluding ortho intramolecular Hbond substituents is 7. The Labute approximate surface area is 902 Å². The molecule has 0 aliphatic carbocycles. The fourth-order valence-electron chi connectivity index (χ4n) is 17.1. The fraction of sp³-hybridized carbons (Fsp3) is 0.178. The van der Waals surface area contributed by atoms with Crippen molar-refractivity contribution in [3.63, 3.8) is 0 Å². The van der Waals surface area contributed by atoms with Crippen LogP contribution in [0.3, 0.4) is 0 Å². The predicted molar refractivity (Wildman–Crippen MR) is 599 cm³/mol. The molecule has 0 saturated heterocycles. The molecule has 20 heteroatoms. The van der Waals surface area contributed by atoms with Crippen LogP contribution in [0.2, 0.25) is 0 Å². The van der Waals surface area contributed by atoms with E-state index in [1.54, 1.807) is 91.3 Å². The molecule has 2 aliphatic heterocycles. The summed E-state index contributed by atoms with van der Waals surface area (Å²) < 4.78 is 13.1. The van der Waals surface area contributed by atoms with Gasteiger partial charge in [-0.15, -0.1) is 0 Å². The summed E-state index contributed by atoms with van der Waals surface area (Å²) in [5.74, 6) is 4.00. The number of aliphatic imine (C=N–C) groups is 2. The van der Waals surface area contributed by atoms with Gasteiger partial charge in [-0.2, -0.15) is 0 Å². The summed E-state index contributed by atoms with van der Waals surface area (Å²) in [4.78, 5) is 33.7. The maximum Gasteiger partial charge on any atom is 1.00 e. The molecule has 3 radical (unpaired) electrons. The maximum absolute atomic E-state index is 10.1. The standard InChI is InChI=1S/C36H32N2O2.2C24H26O2.C22H20N2O2.C8H12N2.C7H6O2.C7H6O.CH4O.B.Na.H/c1-3-14-29(15-4-1)35-37(25-31-18-7-9-20-33(31)39-35)23-27-12-11-13-28(22-27)24-38-26-32-19-8-10-21-34(32)40-36(38)30-16-5-2-6-17-30;2*25-23-16-3-1-12-21(23)14-6-10-19-8-5-9-20(18-19)11-7-15-22-13-2-4-17-24(22)26;25-21-10-3-1-8-19(21)15-23-13-17-6-5-7-18(12-17)14-24-16-20-9-2-4-11-22(20)26;9-5-7-2-1-3-8(4-7)6-10;8-5-6-3-1-2-4-7(6)9;8-6-7-4-2-1-3-5-7;1-2;;;/h1-22,35-36H,23-26H2;2*1-5,8-9,12-13,16-18,25-26H,6-7,10-11,14-15H2;1-12,15-16,25-26H,13-14H2;1-4H,5-6,9-10H2;1-5,9H;1-6H;2H,1H3;;;/q;;;;;;;;;+1;-1. The summed E-state index contributed by atoms with van der Waals surface area (Å²) in [7, 11) is 1.00. The molecule has 0 saturated carbocycles. The molecule has 18 nitrogen and oxygen atoms in total. The van der Waals surface area contributed by atoms with Gasteiger partial charge >= 0.3 is 29.6 Å². The maximum atomic E-state index is 10.1. The average molecular weight is 1990 g/mol. The van der Waals surface area contributed by atoms with E-state index in [2.05, 4.69) is 196 Å². The predicted octanol–water partition coefficient (Wildman–Crippen LogP) is 22.8. The zero-order valence-corrected chi connectivity index (χ0v) is 86.8. The van der Waals surface area contributed by atoms with E-state index in [0.29, 0.717) is 72.2 Å². The number of carbonyl (C=O) groups excluding carboxylic acids is 2. The molecule has 0 fully saturated rings. The van der Waals surface area contributed by atoms with Crippen molar-refractivity contribution in [2.45, 2.75) is 142 Å². The van der Waals surface area contributed by atoms with Gasteiger partial charge in [-0.3, -0.25) is 29.4 Å². The molecule has 17 aromatic carbocycles. The van der Waals surface area contributed by atoms with Crippen LogP contribution in [0.1, 0.15) is 172 Å². The summed E-state index contributed by atoms with van der Waals surface area (Å²) in [6.45, 7) is 5.52. The van der Waals surface area contributed by atoms with Crippen molar-refractivity contribution in [3.8, 4) is 51.7 Å². The molecule has 149 heavy (non-hydrogen) atoms. The van der Waals surface area contributed by atoms with Crippen LogP contribution in [0.5, 0.6) is 51.7 Å². The van der Waals surface area contributed by atoms with E-state index in [1.807, 2.05) is 170 Å². The first-order valence-electron chi connectivity index (χ1n) is 49.8. The molecule has 2 aliphatic rings. The van der Waals surface area contributed by atoms with Gasteiger partial charge in [-0.25, -0.2) is 0 Å². The van der Waals surface area contributed by atoms with Crippen LogP contribution in [0.4, 0.5) is 0 Å². The first kappa shape index (κ1) is 115. The van der Waals surface area contributed by atoms with Crippen molar-refractivity contribution >= 4 is 33.4 Å². The molecule has 19 rings (SSSR count). The third-order valence-corrected chi connectivity index (χ3v) is 24.7. The summed E-state index contributed by atoms with van der Waals surface area (Å²) in [6, 6.07) is 140. The Hall–Kier alpha value is -15.5. The third kappa shape index (κ3) is 38.7. The van der Waals surface area contributed by atoms with Crippen LogP contribution in [-0.2, 0) is 104 Å². The Kier molecular flexibility index (Phi) is 49.9. The molecule has 0 amide bonds. The van der Waals surface area contributed by atoms with Crippen LogP contribution >= 0.6 is 0 Å². The van der Waals surface area contributed by atoms with E-state index < -0.39 is 0 Å². The fourth-order valence-corrected chi connectivity index (χ4v) is 17.1. The van der Waals surface area contributed by atoms with Crippen LogP contribution in [-0.4, -0.2) is 91.2 Å². The normalized spacial score (nSPS) is 12.5. The number of nitrogens with zero attached hydrogens (tertiary/aromatic N) is 4. The van der Waals surface area contributed by atoms with E-state index in [4.69, 9.17) is 31.2 Å². The zero-order valence-electron chi connectivity index (χ0n) is 85.8. The number of carbonyl (C=O) groups is 2. The van der Waals surface area contributed by atoms with Gasteiger partial charge in [0.05, 0.1) is 18.7 Å². The minimum absolute atomic E-state index is 0. The topological polar surface area (TPSA) is 298 Å². The number of benzene rings is 17. The van der Waals surface area contributed by atoms with E-state index in [-0.39, 0.29) is 69.1 Å². The van der Waals surface area contributed by atoms with Crippen molar-refractivity contribution in [2.75, 3.05) is 7.11 Å². The number of aliphatic hydroxyl groups excluding tert-OH is 1. The number of hydrogen-bond acceptors (Lipinski definition) is 18. The number of nitrogens with two attached hydrogens (primary N) is 2. The summed E-state index contributed by atoms with van der Waals surface area (Å²) in [5.41, 5.74) is 34.6. The second-order valence-corrected chi connectivity index (χ2v) is 35.5. The van der Waals surface area contributed by atoms with E-state index in [1.165, 1.54) is 61.7 Å². The Balaban J connectivity index is 0.000000204. The molecule has 0 bridgehead atoms. The molecular formula is C129H133BN6NaO12. The number of rotatable bonds is 32. The van der Waals surface area contributed by atoms with Gasteiger partial charge in [0.15, 0.2) is 18.7 Å². The largest absolute Gasteiger partial charge is 1.00 e. The number of ether oxygens (including phenoxy) is 2. The number of phenols is 7. The van der Waals surface area contributed by atoms with Gasteiger partial charge in [-0.05, 0) is 228 Å². The number of aromatic hydroxyl groups is 7. The number of fused-ring (bicyclic) bond motifs is 2. The number of aldehydes is 2. The monoisotopic (exact) mass is 1990 g/mol. The minimum atomic E-state index is -0.130. The van der Waals surface area contributed by atoms with Gasteiger partial charge in [0.1, 0.15) is 58.0 Å². The van der Waals surface area contributed by atoms with Crippen LogP contribution < -0.4 is 50.5 Å². The van der Waals surface area contributed by atoms with Crippen LogP contribution in [0.15, 0.2) is 441 Å². The summed E-state index contributed by atoms with van der Waals surface area (Å²) >= 11 is 0. The molecule has 2 unspecified atom stereocenters. The van der Waals surface area contributed by atoms with Crippen molar-refractivity contribution in [1.82, 2.24) is 9.80 Å². The van der Waals surface area contributed by atoms with Gasteiger partial charge in [0.25, 0.3) is 0 Å². The molecule has 2 heterocycles. The van der Waals surface area contributed by atoms with Gasteiger partial charge in [0.2, 0.25) is 0 Å². The second-order valence-electron chi connectivity index (χ2n) is 35.5. The minimum Gasteiger partial charge on any atom is -1.00 e. The van der Waals surface area contributed by atoms with Crippen LogP contribution in [0.25, 0.3) is 0 Å². The summed E-state index contributed by atoms with van der Waals surface area (Å²) in [5, 5.41) is 74.7. The average Bonchev–Trinajstić information content (AvgIpc) is 0.790. The van der Waals surface area contributed by atoms with Crippen molar-refractivity contribution in [1.29, 1.82) is 0 Å². The molecule has 0 aromatic heterocycles. The Morgan fingerprint density at radius 3 is 0.859 bits per heavy atom. The van der Waals surface area contributed by atoms with E-state index >= 15 is 0 Å². The molecule has 12 N–H and O–H groups in total. The SMILES string of the molecule is CO.NCc1cccc(CN)c1.O=Cc1ccccc1.O=Cc1ccccc1O.Oc1ccccc1C=NCc1cccc(CN=Cc2ccccc2O)c1.Oc1ccccc1CCCc1cccc(CCCc2ccccc2O)c1.Oc1ccccc1CCCc1cccc(CCCc2ccccc2O)c1.[B].[H-].[Na+].c1ccc(C2Oc3ccccc3CN2Cc2cccc(CN3Cc4ccccc4OC3c3ccccc3)c2)cc1. The zero-order chi connectivity index (χ0) is 103. The first-order chi connectivity index (χ1) is 72.1. The second kappa shape index (κ2) is 64.5. The number of para-hydroxylation sites is 9. The van der Waals surface area contributed by atoms with Crippen LogP contribution in [0, 0.1) is 0 Å². The van der Waals surface area contributed by atoms with Gasteiger partial charge < -0.3 is 63.2 Å². The molecular weight excluding hydrogens is 1860 g/mol. The number of aryl methyl sites for hydroxylation is 8. The molecule has 0 spiro atoms. The Bertz CT molecular complexity index is 6450. The van der Waals surface area contributed by atoms with Crippen molar-refractivity contribution in [3.05, 3.63) is 553 Å². The molecule has 755 valence electrons. The summed E-state index contributed by atoms with van der Waals surface area (Å²) in [6.07, 6.45) is 16.3. The van der Waals surface area contributed by atoms with Crippen molar-refractivity contribution in [2.24, 2.45) is 21.5 Å². The smallest absolute Gasteiger partial charge is 1.00 e. The first-order valence-corrected chi connectivity index (χ1v) is 49.8. The Morgan fingerprint density at radius 1 is 0.289 bits per heavy atom. The van der Waals surface area contributed by atoms with Crippen molar-refractivity contribution < 1.29 is 90.9 Å². The third-order valence-electron chi connectivity index (χ3n) is 24.7. The van der Waals surface area contributed by atoms with Gasteiger partial charge in [-0.1, -0.05) is 358 Å². The van der Waals surface area contributed by atoms with Gasteiger partial charge in [0, 0.05) is 106 Å². The number of aliphatic hydroxyl groups is 1. The van der Waals surface area contributed by atoms with E-state index in [0.717, 1.165) is 178 Å². The molecule has 17 aromatic rings.